The maximum atomic E-state index is 4.52. The lowest BCUT2D eigenvalue weighted by atomic mass is 10.4. The van der Waals surface area contributed by atoms with Crippen molar-refractivity contribution in [1.82, 2.24) is 19.5 Å². The number of hydrogen-bond donors (Lipinski definition) is 1. The molecule has 0 bridgehead atoms. The third-order valence-corrected chi connectivity index (χ3v) is 2.65. The Kier molecular flexibility index (Phi) is 3.92. The molecule has 96 valence electrons. The number of nitrogens with zero attached hydrogens (tertiary/aromatic N) is 4. The van der Waals surface area contributed by atoms with E-state index < -0.39 is 0 Å². The molecular weight excluding hydrogens is 226 g/mol. The molecule has 1 N–H and O–H groups in total. The van der Waals surface area contributed by atoms with Gasteiger partial charge in [-0.15, -0.1) is 0 Å². The maximum absolute atomic E-state index is 4.52. The molecule has 0 saturated heterocycles. The van der Waals surface area contributed by atoms with Crippen molar-refractivity contribution in [2.24, 2.45) is 0 Å². The van der Waals surface area contributed by atoms with Crippen LogP contribution in [0.5, 0.6) is 0 Å². The predicted molar refractivity (Wildman–Crippen MR) is 72.0 cm³/mol. The molecule has 0 fully saturated rings. The van der Waals surface area contributed by atoms with Gasteiger partial charge < -0.3 is 5.32 Å². The van der Waals surface area contributed by atoms with E-state index in [2.05, 4.69) is 34.1 Å². The molecule has 2 heterocycles. The van der Waals surface area contributed by atoms with E-state index in [-0.39, 0.29) is 0 Å². The molecule has 2 aromatic heterocycles. The van der Waals surface area contributed by atoms with Crippen LogP contribution in [-0.2, 0) is 6.42 Å². The van der Waals surface area contributed by atoms with Crippen molar-refractivity contribution in [3.05, 3.63) is 30.0 Å². The molecule has 2 rings (SSSR count). The van der Waals surface area contributed by atoms with Crippen molar-refractivity contribution < 1.29 is 0 Å². The summed E-state index contributed by atoms with van der Waals surface area (Å²) >= 11 is 0. The SMILES string of the molecule is CCCNc1nc(C)cc(-n2ccnc2CC)n1. The Morgan fingerprint density at radius 1 is 1.28 bits per heavy atom. The minimum Gasteiger partial charge on any atom is -0.354 e. The Morgan fingerprint density at radius 2 is 2.11 bits per heavy atom. The van der Waals surface area contributed by atoms with E-state index in [1.165, 1.54) is 0 Å². The van der Waals surface area contributed by atoms with Crippen LogP contribution in [0.15, 0.2) is 18.5 Å². The van der Waals surface area contributed by atoms with Crippen LogP contribution in [0, 0.1) is 6.92 Å². The molecule has 0 amide bonds. The minimum atomic E-state index is 0.683. The zero-order valence-corrected chi connectivity index (χ0v) is 11.1. The van der Waals surface area contributed by atoms with E-state index in [1.807, 2.05) is 23.8 Å². The Labute approximate surface area is 107 Å². The number of hydrogen-bond acceptors (Lipinski definition) is 4. The van der Waals surface area contributed by atoms with Gasteiger partial charge in [-0.25, -0.2) is 9.97 Å². The summed E-state index contributed by atoms with van der Waals surface area (Å²) < 4.78 is 2.01. The average molecular weight is 245 g/mol. The summed E-state index contributed by atoms with van der Waals surface area (Å²) in [5, 5.41) is 3.22. The van der Waals surface area contributed by atoms with Crippen LogP contribution in [0.1, 0.15) is 31.8 Å². The van der Waals surface area contributed by atoms with Gasteiger partial charge in [-0.2, -0.15) is 4.98 Å². The second kappa shape index (κ2) is 5.62. The maximum Gasteiger partial charge on any atom is 0.224 e. The summed E-state index contributed by atoms with van der Waals surface area (Å²) in [6.07, 6.45) is 5.67. The number of nitrogens with one attached hydrogen (secondary N) is 1. The van der Waals surface area contributed by atoms with E-state index in [9.17, 15) is 0 Å². The zero-order valence-electron chi connectivity index (χ0n) is 11.1. The summed E-state index contributed by atoms with van der Waals surface area (Å²) in [6, 6.07) is 1.97. The molecule has 0 unspecified atom stereocenters. The Balaban J connectivity index is 2.35. The first-order chi connectivity index (χ1) is 8.74. The molecule has 0 saturated carbocycles. The highest BCUT2D eigenvalue weighted by Gasteiger charge is 2.07. The molecule has 5 heteroatoms. The summed E-state index contributed by atoms with van der Waals surface area (Å²) in [7, 11) is 0. The summed E-state index contributed by atoms with van der Waals surface area (Å²) in [6.45, 7) is 7.07. The van der Waals surface area contributed by atoms with E-state index in [4.69, 9.17) is 0 Å². The molecule has 0 spiro atoms. The third-order valence-electron chi connectivity index (χ3n) is 2.65. The van der Waals surface area contributed by atoms with Crippen molar-refractivity contribution in [3.8, 4) is 5.82 Å². The lowest BCUT2D eigenvalue weighted by Crippen LogP contribution is -2.09. The van der Waals surface area contributed by atoms with Gasteiger partial charge in [0.2, 0.25) is 5.95 Å². The third kappa shape index (κ3) is 2.67. The monoisotopic (exact) mass is 245 g/mol. The summed E-state index contributed by atoms with van der Waals surface area (Å²) in [5.41, 5.74) is 0.953. The average Bonchev–Trinajstić information content (AvgIpc) is 2.84. The van der Waals surface area contributed by atoms with Crippen molar-refractivity contribution in [3.63, 3.8) is 0 Å². The summed E-state index contributed by atoms with van der Waals surface area (Å²) in [5.74, 6) is 2.56. The molecular formula is C13H19N5. The smallest absolute Gasteiger partial charge is 0.224 e. The molecule has 0 aliphatic rings. The number of rotatable bonds is 5. The van der Waals surface area contributed by atoms with Gasteiger partial charge in [0.1, 0.15) is 11.6 Å². The molecule has 0 radical (unpaired) electrons. The van der Waals surface area contributed by atoms with Crippen molar-refractivity contribution in [2.45, 2.75) is 33.6 Å². The van der Waals surface area contributed by atoms with Gasteiger partial charge in [-0.3, -0.25) is 4.57 Å². The predicted octanol–water partition coefficient (Wildman–Crippen LogP) is 2.36. The molecule has 0 aromatic carbocycles. The van der Waals surface area contributed by atoms with Crippen molar-refractivity contribution in [1.29, 1.82) is 0 Å². The molecule has 0 aliphatic carbocycles. The molecule has 18 heavy (non-hydrogen) atoms. The van der Waals surface area contributed by atoms with E-state index in [0.717, 1.165) is 36.7 Å². The summed E-state index contributed by atoms with van der Waals surface area (Å²) in [4.78, 5) is 13.2. The van der Waals surface area contributed by atoms with Crippen molar-refractivity contribution in [2.75, 3.05) is 11.9 Å². The quantitative estimate of drug-likeness (QED) is 0.878. The van der Waals surface area contributed by atoms with Gasteiger partial charge in [-0.1, -0.05) is 13.8 Å². The number of aromatic nitrogens is 4. The number of imidazole rings is 1. The normalized spacial score (nSPS) is 10.6. The van der Waals surface area contributed by atoms with Gasteiger partial charge in [0, 0.05) is 37.1 Å². The van der Waals surface area contributed by atoms with Crippen LogP contribution in [0.25, 0.3) is 5.82 Å². The van der Waals surface area contributed by atoms with Gasteiger partial charge >= 0.3 is 0 Å². The molecule has 0 aliphatic heterocycles. The Hall–Kier alpha value is -1.91. The van der Waals surface area contributed by atoms with E-state index in [1.54, 1.807) is 6.20 Å². The highest BCUT2D eigenvalue weighted by molar-refractivity contribution is 5.35. The first kappa shape index (κ1) is 12.5. The largest absolute Gasteiger partial charge is 0.354 e. The van der Waals surface area contributed by atoms with Gasteiger partial charge in [0.05, 0.1) is 0 Å². The Bertz CT molecular complexity index is 518. The molecule has 5 nitrogen and oxygen atoms in total. The standard InChI is InChI=1S/C13H19N5/c1-4-6-15-13-16-10(3)9-12(17-13)18-8-7-14-11(18)5-2/h7-9H,4-6H2,1-3H3,(H,15,16,17). The lowest BCUT2D eigenvalue weighted by Gasteiger charge is -2.09. The van der Waals surface area contributed by atoms with Crippen LogP contribution < -0.4 is 5.32 Å². The van der Waals surface area contributed by atoms with Crippen LogP contribution in [0.2, 0.25) is 0 Å². The highest BCUT2D eigenvalue weighted by atomic mass is 15.2. The first-order valence-electron chi connectivity index (χ1n) is 6.36. The fourth-order valence-electron chi connectivity index (χ4n) is 1.80. The highest BCUT2D eigenvalue weighted by Crippen LogP contribution is 2.12. The van der Waals surface area contributed by atoms with Crippen LogP contribution in [0.3, 0.4) is 0 Å². The lowest BCUT2D eigenvalue weighted by molar-refractivity contribution is 0.853. The van der Waals surface area contributed by atoms with Crippen LogP contribution >= 0.6 is 0 Å². The zero-order chi connectivity index (χ0) is 13.0. The minimum absolute atomic E-state index is 0.683. The molecule has 2 aromatic rings. The van der Waals surface area contributed by atoms with E-state index in [0.29, 0.717) is 5.95 Å². The fraction of sp³-hybridized carbons (Fsp3) is 0.462. The first-order valence-corrected chi connectivity index (χ1v) is 6.36. The van der Waals surface area contributed by atoms with Crippen LogP contribution in [0.4, 0.5) is 5.95 Å². The topological polar surface area (TPSA) is 55.6 Å². The number of aryl methyl sites for hydroxylation is 2. The second-order valence-corrected chi connectivity index (χ2v) is 4.18. The number of anilines is 1. The Morgan fingerprint density at radius 3 is 2.83 bits per heavy atom. The van der Waals surface area contributed by atoms with Crippen molar-refractivity contribution >= 4 is 5.95 Å². The fourth-order valence-corrected chi connectivity index (χ4v) is 1.80. The van der Waals surface area contributed by atoms with Gasteiger partial charge in [0.15, 0.2) is 0 Å². The van der Waals surface area contributed by atoms with Crippen LogP contribution in [-0.4, -0.2) is 26.1 Å². The molecule has 0 atom stereocenters. The second-order valence-electron chi connectivity index (χ2n) is 4.18. The van der Waals surface area contributed by atoms with Gasteiger partial charge in [-0.05, 0) is 13.3 Å². The van der Waals surface area contributed by atoms with Gasteiger partial charge in [0.25, 0.3) is 0 Å². The van der Waals surface area contributed by atoms with E-state index >= 15 is 0 Å².